The van der Waals surface area contributed by atoms with Gasteiger partial charge in [-0.25, -0.2) is 0 Å². The summed E-state index contributed by atoms with van der Waals surface area (Å²) in [5.74, 6) is 0. The van der Waals surface area contributed by atoms with Gasteiger partial charge in [0, 0.05) is 0 Å². The van der Waals surface area contributed by atoms with Crippen LogP contribution in [0.2, 0.25) is 0 Å². The molecule has 0 aliphatic carbocycles. The quantitative estimate of drug-likeness (QED) is 0.276. The predicted octanol–water partition coefficient (Wildman–Crippen LogP) is -10.9. The molecule has 0 saturated heterocycles. The molecule has 12 heteroatoms. The van der Waals surface area contributed by atoms with Gasteiger partial charge in [0.05, 0.1) is 0 Å². The maximum atomic E-state index is 9.67. The molecule has 0 radical (unpaired) electrons. The molecule has 0 amide bonds. The first-order valence-electron chi connectivity index (χ1n) is 1.38. The Morgan fingerprint density at radius 3 is 0.917 bits per heavy atom. The van der Waals surface area contributed by atoms with Gasteiger partial charge >= 0.3 is 64.1 Å². The van der Waals surface area contributed by atoms with Crippen molar-refractivity contribution >= 4 is 15.4 Å². The van der Waals surface area contributed by atoms with E-state index in [2.05, 4.69) is 0 Å². The summed E-state index contributed by atoms with van der Waals surface area (Å²) >= 11 is 0. The van der Waals surface area contributed by atoms with Crippen molar-refractivity contribution in [2.75, 3.05) is 0 Å². The maximum Gasteiger partial charge on any atom is 1.00 e. The topological polar surface area (TPSA) is 86.2 Å². The fourth-order valence-corrected chi connectivity index (χ4v) is 0. The summed E-state index contributed by atoms with van der Waals surface area (Å²) in [6.45, 7) is 0. The standard InChI is InChI=1S/BF3.3Li.H3O4P/c2-1(3)4;;;;1-5(2,3)4/h;;;;(H3,1,2,3,4)/q;3*+1;/p-3. The molecule has 0 aromatic rings. The number of phosphoric acid groups is 1. The summed E-state index contributed by atoms with van der Waals surface area (Å²) in [4.78, 5) is 25.6. The van der Waals surface area contributed by atoms with Gasteiger partial charge in [0.2, 0.25) is 0 Å². The number of rotatable bonds is 0. The van der Waals surface area contributed by atoms with Crippen LogP contribution in [-0.4, -0.2) is 7.54 Å². The van der Waals surface area contributed by atoms with Crippen LogP contribution in [0.25, 0.3) is 0 Å². The fourth-order valence-electron chi connectivity index (χ4n) is 0. The number of hydrogen-bond donors (Lipinski definition) is 0. The molecule has 12 heavy (non-hydrogen) atoms. The van der Waals surface area contributed by atoms with Crippen molar-refractivity contribution in [3.8, 4) is 0 Å². The van der Waals surface area contributed by atoms with Crippen LogP contribution in [0.15, 0.2) is 0 Å². The van der Waals surface area contributed by atoms with E-state index in [0.717, 1.165) is 0 Å². The van der Waals surface area contributed by atoms with Crippen molar-refractivity contribution < 1.29 is 88.8 Å². The molecule has 0 atom stereocenters. The van der Waals surface area contributed by atoms with Gasteiger partial charge in [-0.15, -0.1) is 0 Å². The van der Waals surface area contributed by atoms with Crippen molar-refractivity contribution in [1.29, 1.82) is 0 Å². The van der Waals surface area contributed by atoms with Crippen molar-refractivity contribution in [1.82, 2.24) is 0 Å². The van der Waals surface area contributed by atoms with Gasteiger partial charge in [-0.2, -0.15) is 7.82 Å². The fraction of sp³-hybridized carbons (Fsp3) is 0. The average molecular weight is 184 g/mol. The first-order valence-corrected chi connectivity index (χ1v) is 2.85. The van der Waals surface area contributed by atoms with Crippen LogP contribution in [0.4, 0.5) is 12.9 Å². The predicted molar refractivity (Wildman–Crippen MR) is 16.7 cm³/mol. The summed E-state index contributed by atoms with van der Waals surface area (Å²) < 4.78 is 37.5. The molecule has 0 bridgehead atoms. The molecule has 0 unspecified atom stereocenters. The summed E-state index contributed by atoms with van der Waals surface area (Å²) in [7, 11) is -9.06. The smallest absolute Gasteiger partial charge is 0.822 e. The molecule has 0 aromatic heterocycles. The molecule has 56 valence electrons. The number of halogens is 3. The Labute approximate surface area is 104 Å². The zero-order valence-electron chi connectivity index (χ0n) is 6.79. The van der Waals surface area contributed by atoms with Crippen molar-refractivity contribution in [2.24, 2.45) is 0 Å². The molecule has 0 fully saturated rings. The minimum Gasteiger partial charge on any atom is -0.822 e. The van der Waals surface area contributed by atoms with Crippen LogP contribution in [0, 0.1) is 0 Å². The first kappa shape index (κ1) is 29.2. The zero-order chi connectivity index (χ0) is 8.08. The van der Waals surface area contributed by atoms with Crippen LogP contribution in [0.5, 0.6) is 0 Å². The molecule has 0 spiro atoms. The molecule has 0 heterocycles. The van der Waals surface area contributed by atoms with Gasteiger partial charge in [-0.05, 0) is 0 Å². The Morgan fingerprint density at radius 1 is 0.917 bits per heavy atom. The summed E-state index contributed by atoms with van der Waals surface area (Å²) in [6, 6.07) is 0. The SMILES string of the molecule is FB(F)F.O=P([O-])([O-])[O-].[Li+].[Li+].[Li+]. The maximum absolute atomic E-state index is 9.67. The van der Waals surface area contributed by atoms with Crippen LogP contribution in [0.1, 0.15) is 0 Å². The Balaban J connectivity index is -0.0000000221. The third kappa shape index (κ3) is 441. The molecule has 0 rings (SSSR count). The van der Waals surface area contributed by atoms with Crippen LogP contribution in [0.3, 0.4) is 0 Å². The first-order chi connectivity index (χ1) is 3.73. The number of hydrogen-bond acceptors (Lipinski definition) is 4. The molecule has 0 aliphatic heterocycles. The second-order valence-corrected chi connectivity index (χ2v) is 1.59. The van der Waals surface area contributed by atoms with Crippen LogP contribution >= 0.6 is 7.82 Å². The van der Waals surface area contributed by atoms with Gasteiger partial charge in [0.25, 0.3) is 0 Å². The molecule has 0 aromatic carbocycles. The van der Waals surface area contributed by atoms with E-state index >= 15 is 0 Å². The second kappa shape index (κ2) is 15.2. The van der Waals surface area contributed by atoms with E-state index in [4.69, 9.17) is 19.2 Å². The van der Waals surface area contributed by atoms with Gasteiger partial charge < -0.3 is 19.2 Å². The van der Waals surface area contributed by atoms with E-state index in [0.29, 0.717) is 0 Å². The van der Waals surface area contributed by atoms with Crippen molar-refractivity contribution in [3.05, 3.63) is 0 Å². The zero-order valence-corrected chi connectivity index (χ0v) is 7.69. The Bertz CT molecular complexity index is 96.7. The van der Waals surface area contributed by atoms with Crippen LogP contribution < -0.4 is 71.3 Å². The summed E-state index contributed by atoms with van der Waals surface area (Å²) in [6.07, 6.45) is 0. The normalized spacial score (nSPS) is 7.17. The second-order valence-electron chi connectivity index (χ2n) is 0.695. The average Bonchev–Trinajstić information content (AvgIpc) is 1.19. The van der Waals surface area contributed by atoms with E-state index in [9.17, 15) is 12.9 Å². The van der Waals surface area contributed by atoms with E-state index in [1.165, 1.54) is 0 Å². The minimum atomic E-state index is -5.39. The Kier molecular flexibility index (Phi) is 37.1. The summed E-state index contributed by atoms with van der Waals surface area (Å²) in [5, 5.41) is 0. The van der Waals surface area contributed by atoms with Gasteiger partial charge in [0.15, 0.2) is 0 Å². The molecular weight excluding hydrogens is 184 g/mol. The van der Waals surface area contributed by atoms with Crippen molar-refractivity contribution in [2.45, 2.75) is 0 Å². The molecule has 0 aliphatic rings. The van der Waals surface area contributed by atoms with Gasteiger partial charge in [0.1, 0.15) is 0 Å². The molecule has 4 nitrogen and oxygen atoms in total. The molecule has 0 saturated carbocycles. The van der Waals surface area contributed by atoms with E-state index in [1.54, 1.807) is 0 Å². The third-order valence-electron chi connectivity index (χ3n) is 0. The molecule has 0 N–H and O–H groups in total. The Hall–Kier alpha value is 1.76. The van der Waals surface area contributed by atoms with Crippen LogP contribution in [-0.2, 0) is 4.57 Å². The van der Waals surface area contributed by atoms with E-state index in [-0.39, 0.29) is 56.6 Å². The van der Waals surface area contributed by atoms with E-state index < -0.39 is 15.4 Å². The monoisotopic (exact) mass is 184 g/mol. The van der Waals surface area contributed by atoms with Gasteiger partial charge in [-0.1, -0.05) is 0 Å². The van der Waals surface area contributed by atoms with Crippen molar-refractivity contribution in [3.63, 3.8) is 0 Å². The van der Waals surface area contributed by atoms with Gasteiger partial charge in [-0.3, -0.25) is 12.9 Å². The Morgan fingerprint density at radius 2 is 0.917 bits per heavy atom. The third-order valence-corrected chi connectivity index (χ3v) is 0. The minimum absolute atomic E-state index is 0. The molecular formula is BF3Li3O4P. The van der Waals surface area contributed by atoms with E-state index in [1.807, 2.05) is 0 Å². The largest absolute Gasteiger partial charge is 1.00 e. The summed E-state index contributed by atoms with van der Waals surface area (Å²) in [5.41, 5.74) is 0.